The molecule has 2 atom stereocenters. The maximum atomic E-state index is 4.32. The molecule has 1 heterocycles. The van der Waals surface area contributed by atoms with Gasteiger partial charge in [-0.3, -0.25) is 0 Å². The molecule has 2 saturated carbocycles. The third kappa shape index (κ3) is 1.27. The standard InChI is InChI=1S/C11H18N4/c1-12-11-14-13-10(15(11)2)9-7-5-3-4-6-8(7)9/h7-9H,3-6H2,1-2H3,(H,12,14). The SMILES string of the molecule is CNc1nnc(C2C3CCCCC32)n1C. The first kappa shape index (κ1) is 9.19. The van der Waals surface area contributed by atoms with Gasteiger partial charge in [0, 0.05) is 20.0 Å². The lowest BCUT2D eigenvalue weighted by molar-refractivity contribution is 0.480. The molecule has 2 aliphatic rings. The number of nitrogens with zero attached hydrogens (tertiary/aromatic N) is 3. The van der Waals surface area contributed by atoms with Crippen LogP contribution in [0.5, 0.6) is 0 Å². The van der Waals surface area contributed by atoms with E-state index in [0.717, 1.165) is 17.8 Å². The molecule has 0 bridgehead atoms. The van der Waals surface area contributed by atoms with Crippen LogP contribution in [0.15, 0.2) is 0 Å². The van der Waals surface area contributed by atoms with Gasteiger partial charge in [-0.2, -0.15) is 0 Å². The Morgan fingerprint density at radius 3 is 2.40 bits per heavy atom. The summed E-state index contributed by atoms with van der Waals surface area (Å²) in [7, 11) is 3.96. The maximum absolute atomic E-state index is 4.32. The number of aromatic nitrogens is 3. The molecule has 2 fully saturated rings. The van der Waals surface area contributed by atoms with Crippen molar-refractivity contribution in [2.75, 3.05) is 12.4 Å². The zero-order chi connectivity index (χ0) is 10.4. The summed E-state index contributed by atoms with van der Waals surface area (Å²) in [5, 5.41) is 11.5. The highest BCUT2D eigenvalue weighted by atomic mass is 15.3. The van der Waals surface area contributed by atoms with Gasteiger partial charge in [-0.1, -0.05) is 12.8 Å². The van der Waals surface area contributed by atoms with Gasteiger partial charge in [-0.15, -0.1) is 10.2 Å². The molecular formula is C11H18N4. The van der Waals surface area contributed by atoms with Gasteiger partial charge >= 0.3 is 0 Å². The summed E-state index contributed by atoms with van der Waals surface area (Å²) in [4.78, 5) is 0. The average Bonchev–Trinajstić information content (AvgIpc) is 2.88. The molecule has 3 rings (SSSR count). The van der Waals surface area contributed by atoms with Crippen LogP contribution in [0.3, 0.4) is 0 Å². The average molecular weight is 206 g/mol. The lowest BCUT2D eigenvalue weighted by Crippen LogP contribution is -2.02. The van der Waals surface area contributed by atoms with E-state index in [4.69, 9.17) is 0 Å². The highest BCUT2D eigenvalue weighted by Crippen LogP contribution is 2.60. The van der Waals surface area contributed by atoms with Gasteiger partial charge in [0.15, 0.2) is 0 Å². The first-order chi connectivity index (χ1) is 7.33. The summed E-state index contributed by atoms with van der Waals surface area (Å²) in [5.74, 6) is 4.59. The van der Waals surface area contributed by atoms with E-state index in [9.17, 15) is 0 Å². The number of hydrogen-bond acceptors (Lipinski definition) is 3. The minimum Gasteiger partial charge on any atom is -0.357 e. The molecule has 82 valence electrons. The third-order valence-electron chi connectivity index (χ3n) is 4.09. The van der Waals surface area contributed by atoms with Crippen molar-refractivity contribution in [2.24, 2.45) is 18.9 Å². The summed E-state index contributed by atoms with van der Waals surface area (Å²) < 4.78 is 2.11. The second-order valence-electron chi connectivity index (χ2n) is 4.83. The quantitative estimate of drug-likeness (QED) is 0.801. The van der Waals surface area contributed by atoms with Gasteiger partial charge in [-0.05, 0) is 24.7 Å². The van der Waals surface area contributed by atoms with E-state index in [2.05, 4.69) is 27.1 Å². The predicted molar refractivity (Wildman–Crippen MR) is 58.7 cm³/mol. The maximum Gasteiger partial charge on any atom is 0.224 e. The molecule has 1 aromatic rings. The molecule has 4 nitrogen and oxygen atoms in total. The zero-order valence-corrected chi connectivity index (χ0v) is 9.40. The number of hydrogen-bond donors (Lipinski definition) is 1. The Kier molecular flexibility index (Phi) is 1.97. The Morgan fingerprint density at radius 2 is 1.87 bits per heavy atom. The topological polar surface area (TPSA) is 42.7 Å². The minimum absolute atomic E-state index is 0.701. The molecule has 0 aliphatic heterocycles. The smallest absolute Gasteiger partial charge is 0.224 e. The van der Waals surface area contributed by atoms with Gasteiger partial charge < -0.3 is 9.88 Å². The molecule has 1 aromatic heterocycles. The molecule has 0 saturated heterocycles. The highest BCUT2D eigenvalue weighted by Gasteiger charge is 2.53. The Bertz CT molecular complexity index is 359. The summed E-state index contributed by atoms with van der Waals surface area (Å²) in [5.41, 5.74) is 0. The largest absolute Gasteiger partial charge is 0.357 e. The number of fused-ring (bicyclic) bond motifs is 1. The van der Waals surface area contributed by atoms with Crippen LogP contribution in [0.1, 0.15) is 37.4 Å². The van der Waals surface area contributed by atoms with E-state index in [-0.39, 0.29) is 0 Å². The molecule has 0 radical (unpaired) electrons. The lowest BCUT2D eigenvalue weighted by atomic mass is 10.0. The van der Waals surface area contributed by atoms with Crippen LogP contribution in [0, 0.1) is 11.8 Å². The van der Waals surface area contributed by atoms with Crippen molar-refractivity contribution in [1.29, 1.82) is 0 Å². The van der Waals surface area contributed by atoms with Crippen LogP contribution in [0.25, 0.3) is 0 Å². The summed E-state index contributed by atoms with van der Waals surface area (Å²) in [6, 6.07) is 0. The van der Waals surface area contributed by atoms with E-state index < -0.39 is 0 Å². The number of nitrogens with one attached hydrogen (secondary N) is 1. The Balaban J connectivity index is 1.85. The first-order valence-electron chi connectivity index (χ1n) is 5.90. The predicted octanol–water partition coefficient (Wildman–Crippen LogP) is 1.76. The molecule has 4 heteroatoms. The van der Waals surface area contributed by atoms with Gasteiger partial charge in [0.2, 0.25) is 5.95 Å². The van der Waals surface area contributed by atoms with Gasteiger partial charge in [-0.25, -0.2) is 0 Å². The fourth-order valence-electron chi connectivity index (χ4n) is 3.22. The van der Waals surface area contributed by atoms with Crippen molar-refractivity contribution >= 4 is 5.95 Å². The third-order valence-corrected chi connectivity index (χ3v) is 4.09. The Morgan fingerprint density at radius 1 is 1.20 bits per heavy atom. The van der Waals surface area contributed by atoms with Crippen molar-refractivity contribution in [1.82, 2.24) is 14.8 Å². The molecule has 0 amide bonds. The molecule has 0 spiro atoms. The molecule has 2 aliphatic carbocycles. The summed E-state index contributed by atoms with van der Waals surface area (Å²) >= 11 is 0. The highest BCUT2D eigenvalue weighted by molar-refractivity contribution is 5.28. The van der Waals surface area contributed by atoms with E-state index in [1.54, 1.807) is 0 Å². The van der Waals surface area contributed by atoms with Crippen LogP contribution >= 0.6 is 0 Å². The fraction of sp³-hybridized carbons (Fsp3) is 0.818. The monoisotopic (exact) mass is 206 g/mol. The molecule has 15 heavy (non-hydrogen) atoms. The number of anilines is 1. The van der Waals surface area contributed by atoms with E-state index in [1.807, 2.05) is 7.05 Å². The second kappa shape index (κ2) is 3.22. The van der Waals surface area contributed by atoms with Crippen molar-refractivity contribution in [3.8, 4) is 0 Å². The molecule has 0 aromatic carbocycles. The van der Waals surface area contributed by atoms with Crippen LogP contribution < -0.4 is 5.32 Å². The van der Waals surface area contributed by atoms with Crippen LogP contribution in [0.2, 0.25) is 0 Å². The van der Waals surface area contributed by atoms with Crippen LogP contribution in [-0.4, -0.2) is 21.8 Å². The van der Waals surface area contributed by atoms with Crippen molar-refractivity contribution in [3.05, 3.63) is 5.82 Å². The Hall–Kier alpha value is -1.06. The van der Waals surface area contributed by atoms with Crippen molar-refractivity contribution in [2.45, 2.75) is 31.6 Å². The van der Waals surface area contributed by atoms with Crippen molar-refractivity contribution in [3.63, 3.8) is 0 Å². The van der Waals surface area contributed by atoms with E-state index >= 15 is 0 Å². The van der Waals surface area contributed by atoms with E-state index in [0.29, 0.717) is 5.92 Å². The Labute approximate surface area is 90.1 Å². The van der Waals surface area contributed by atoms with Gasteiger partial charge in [0.05, 0.1) is 0 Å². The zero-order valence-electron chi connectivity index (χ0n) is 9.40. The molecule has 2 unspecified atom stereocenters. The van der Waals surface area contributed by atoms with Gasteiger partial charge in [0.1, 0.15) is 5.82 Å². The van der Waals surface area contributed by atoms with Crippen molar-refractivity contribution < 1.29 is 0 Å². The fourth-order valence-corrected chi connectivity index (χ4v) is 3.22. The van der Waals surface area contributed by atoms with Crippen LogP contribution in [-0.2, 0) is 7.05 Å². The molecular weight excluding hydrogens is 188 g/mol. The normalized spacial score (nSPS) is 33.6. The minimum atomic E-state index is 0.701. The second-order valence-corrected chi connectivity index (χ2v) is 4.83. The lowest BCUT2D eigenvalue weighted by Gasteiger charge is -2.04. The summed E-state index contributed by atoms with van der Waals surface area (Å²) in [6.07, 6.45) is 5.62. The first-order valence-corrected chi connectivity index (χ1v) is 5.90. The van der Waals surface area contributed by atoms with Crippen LogP contribution in [0.4, 0.5) is 5.95 Å². The van der Waals surface area contributed by atoms with E-state index in [1.165, 1.54) is 31.5 Å². The number of rotatable bonds is 2. The summed E-state index contributed by atoms with van der Waals surface area (Å²) in [6.45, 7) is 0. The molecule has 1 N–H and O–H groups in total. The van der Waals surface area contributed by atoms with Gasteiger partial charge in [0.25, 0.3) is 0 Å².